The van der Waals surface area contributed by atoms with Crippen molar-refractivity contribution in [3.8, 4) is 17.2 Å². The van der Waals surface area contributed by atoms with Crippen LogP contribution in [0.2, 0.25) is 0 Å². The molecule has 24 heavy (non-hydrogen) atoms. The van der Waals surface area contributed by atoms with E-state index in [0.29, 0.717) is 17.1 Å². The fourth-order valence-corrected chi connectivity index (χ4v) is 2.03. The topological polar surface area (TPSA) is 58.6 Å². The zero-order valence-electron chi connectivity index (χ0n) is 14.4. The van der Waals surface area contributed by atoms with E-state index < -0.39 is 0 Å². The molecule has 0 aliphatic carbocycles. The van der Waals surface area contributed by atoms with E-state index in [9.17, 15) is 9.90 Å². The Morgan fingerprint density at radius 3 is 2.46 bits per heavy atom. The number of aryl methyl sites for hydroxylation is 1. The number of aromatic hydroxyl groups is 1. The van der Waals surface area contributed by atoms with E-state index in [2.05, 4.69) is 5.32 Å². The van der Waals surface area contributed by atoms with E-state index >= 15 is 0 Å². The van der Waals surface area contributed by atoms with Gasteiger partial charge in [-0.3, -0.25) is 4.79 Å². The first kappa shape index (κ1) is 20.0. The highest BCUT2D eigenvalue weighted by Gasteiger charge is 2.14. The molecule has 0 unspecified atom stereocenters. The third-order valence-electron chi connectivity index (χ3n) is 3.28. The number of phenolic OH excluding ortho intramolecular Hbond substituents is 1. The number of halogens is 1. The van der Waals surface area contributed by atoms with Crippen molar-refractivity contribution < 1.29 is 14.6 Å². The lowest BCUT2D eigenvalue weighted by atomic mass is 10.1. The number of Topliss-reactive ketones (excluding diaryl/α,β-unsaturated/α-hetero) is 1. The van der Waals surface area contributed by atoms with Crippen LogP contribution in [-0.4, -0.2) is 23.0 Å². The van der Waals surface area contributed by atoms with Crippen LogP contribution < -0.4 is 10.1 Å². The van der Waals surface area contributed by atoms with Gasteiger partial charge in [0.15, 0.2) is 17.3 Å². The second-order valence-electron chi connectivity index (χ2n) is 6.63. The number of nitrogens with one attached hydrogen (secondary N) is 1. The summed E-state index contributed by atoms with van der Waals surface area (Å²) in [5.41, 5.74) is 1.39. The lowest BCUT2D eigenvalue weighted by molar-refractivity contribution is 0.0981. The summed E-state index contributed by atoms with van der Waals surface area (Å²) < 4.78 is 5.66. The fraction of sp³-hybridized carbons (Fsp3) is 0.316. The molecule has 2 aromatic carbocycles. The van der Waals surface area contributed by atoms with Gasteiger partial charge in [-0.2, -0.15) is 0 Å². The molecule has 0 aromatic heterocycles. The molecule has 2 aromatic rings. The van der Waals surface area contributed by atoms with Gasteiger partial charge in [0.2, 0.25) is 0 Å². The molecule has 5 heteroatoms. The predicted octanol–water partition coefficient (Wildman–Crippen LogP) is 4.49. The van der Waals surface area contributed by atoms with Crippen molar-refractivity contribution in [2.24, 2.45) is 0 Å². The van der Waals surface area contributed by atoms with E-state index in [4.69, 9.17) is 4.74 Å². The van der Waals surface area contributed by atoms with E-state index in [1.54, 1.807) is 12.1 Å². The molecule has 0 heterocycles. The van der Waals surface area contributed by atoms with Crippen molar-refractivity contribution in [1.29, 1.82) is 0 Å². The lowest BCUT2D eigenvalue weighted by Gasteiger charge is -2.19. The number of hydrogen-bond acceptors (Lipinski definition) is 4. The van der Waals surface area contributed by atoms with Crippen LogP contribution >= 0.6 is 12.4 Å². The third kappa shape index (κ3) is 5.87. The Bertz CT molecular complexity index is 708. The molecule has 0 spiro atoms. The Kier molecular flexibility index (Phi) is 6.81. The standard InChI is InChI=1S/C19H23NO3.ClH/c1-13-6-5-7-15(10-13)23-18-9-8-14(11-16(18)21)17(22)12-20-19(2,3)4;/h5-11,20-21H,12H2,1-4H3;1H. The molecular weight excluding hydrogens is 326 g/mol. The Morgan fingerprint density at radius 2 is 1.88 bits per heavy atom. The van der Waals surface area contributed by atoms with E-state index in [-0.39, 0.29) is 36.0 Å². The number of benzene rings is 2. The maximum atomic E-state index is 12.1. The van der Waals surface area contributed by atoms with Gasteiger partial charge in [-0.05, 0) is 63.6 Å². The summed E-state index contributed by atoms with van der Waals surface area (Å²) in [4.78, 5) is 12.1. The Morgan fingerprint density at radius 1 is 1.17 bits per heavy atom. The van der Waals surface area contributed by atoms with Crippen molar-refractivity contribution in [2.75, 3.05) is 6.54 Å². The van der Waals surface area contributed by atoms with Crippen LogP contribution in [0, 0.1) is 6.92 Å². The monoisotopic (exact) mass is 349 g/mol. The minimum absolute atomic E-state index is 0. The highest BCUT2D eigenvalue weighted by molar-refractivity contribution is 5.98. The molecule has 2 N–H and O–H groups in total. The summed E-state index contributed by atoms with van der Waals surface area (Å²) in [6.07, 6.45) is 0. The number of carbonyl (C=O) groups excluding carboxylic acids is 1. The molecule has 0 radical (unpaired) electrons. The van der Waals surface area contributed by atoms with E-state index in [1.165, 1.54) is 6.07 Å². The van der Waals surface area contributed by atoms with E-state index in [1.807, 2.05) is 52.0 Å². The number of ketones is 1. The Labute approximate surface area is 149 Å². The molecule has 4 nitrogen and oxygen atoms in total. The summed E-state index contributed by atoms with van der Waals surface area (Å²) in [7, 11) is 0. The number of carbonyl (C=O) groups is 1. The number of rotatable bonds is 5. The largest absolute Gasteiger partial charge is 0.504 e. The van der Waals surface area contributed by atoms with Crippen LogP contribution in [0.15, 0.2) is 42.5 Å². The molecule has 0 saturated carbocycles. The third-order valence-corrected chi connectivity index (χ3v) is 3.28. The van der Waals surface area contributed by atoms with Gasteiger partial charge in [0.25, 0.3) is 0 Å². The van der Waals surface area contributed by atoms with Crippen LogP contribution in [0.25, 0.3) is 0 Å². The Hall–Kier alpha value is -2.04. The molecular formula is C19H24ClNO3. The normalized spacial score (nSPS) is 10.8. The van der Waals surface area contributed by atoms with Gasteiger partial charge in [0, 0.05) is 11.1 Å². The van der Waals surface area contributed by atoms with Crippen molar-refractivity contribution in [3.63, 3.8) is 0 Å². The van der Waals surface area contributed by atoms with Crippen molar-refractivity contribution in [2.45, 2.75) is 33.2 Å². The Balaban J connectivity index is 0.00000288. The molecule has 0 atom stereocenters. The first-order chi connectivity index (χ1) is 10.7. The molecule has 0 saturated heterocycles. The predicted molar refractivity (Wildman–Crippen MR) is 98.7 cm³/mol. The van der Waals surface area contributed by atoms with Gasteiger partial charge < -0.3 is 15.2 Å². The summed E-state index contributed by atoms with van der Waals surface area (Å²) in [5, 5.41) is 13.2. The zero-order chi connectivity index (χ0) is 17.0. The smallest absolute Gasteiger partial charge is 0.176 e. The SMILES string of the molecule is Cc1cccc(Oc2ccc(C(=O)CNC(C)(C)C)cc2O)c1.Cl. The first-order valence-corrected chi connectivity index (χ1v) is 7.60. The number of hydrogen-bond donors (Lipinski definition) is 2. The number of ether oxygens (including phenoxy) is 1. The highest BCUT2D eigenvalue weighted by Crippen LogP contribution is 2.31. The molecule has 0 bridgehead atoms. The van der Waals surface area contributed by atoms with Gasteiger partial charge in [-0.25, -0.2) is 0 Å². The minimum atomic E-state index is -0.133. The maximum absolute atomic E-state index is 12.1. The van der Waals surface area contributed by atoms with Crippen molar-refractivity contribution in [3.05, 3.63) is 53.6 Å². The second-order valence-corrected chi connectivity index (χ2v) is 6.63. The molecule has 2 rings (SSSR count). The van der Waals surface area contributed by atoms with Gasteiger partial charge >= 0.3 is 0 Å². The quantitative estimate of drug-likeness (QED) is 0.781. The van der Waals surface area contributed by atoms with E-state index in [0.717, 1.165) is 5.56 Å². The van der Waals surface area contributed by atoms with Crippen LogP contribution in [0.3, 0.4) is 0 Å². The van der Waals surface area contributed by atoms with Crippen LogP contribution in [0.4, 0.5) is 0 Å². The minimum Gasteiger partial charge on any atom is -0.504 e. The average molecular weight is 350 g/mol. The second kappa shape index (κ2) is 8.18. The zero-order valence-corrected chi connectivity index (χ0v) is 15.2. The fourth-order valence-electron chi connectivity index (χ4n) is 2.03. The lowest BCUT2D eigenvalue weighted by Crippen LogP contribution is -2.39. The van der Waals surface area contributed by atoms with Gasteiger partial charge in [0.05, 0.1) is 6.54 Å². The maximum Gasteiger partial charge on any atom is 0.176 e. The molecule has 0 aliphatic heterocycles. The number of phenols is 1. The summed E-state index contributed by atoms with van der Waals surface area (Å²) in [6.45, 7) is 8.18. The van der Waals surface area contributed by atoms with Crippen LogP contribution in [-0.2, 0) is 0 Å². The van der Waals surface area contributed by atoms with Crippen molar-refractivity contribution in [1.82, 2.24) is 5.32 Å². The van der Waals surface area contributed by atoms with Crippen LogP contribution in [0.1, 0.15) is 36.7 Å². The molecule has 0 aliphatic rings. The molecule has 0 fully saturated rings. The van der Waals surface area contributed by atoms with Gasteiger partial charge in [-0.1, -0.05) is 12.1 Å². The highest BCUT2D eigenvalue weighted by atomic mass is 35.5. The van der Waals surface area contributed by atoms with Gasteiger partial charge in [0.1, 0.15) is 5.75 Å². The van der Waals surface area contributed by atoms with Gasteiger partial charge in [-0.15, -0.1) is 12.4 Å². The van der Waals surface area contributed by atoms with Crippen LogP contribution in [0.5, 0.6) is 17.2 Å². The summed E-state index contributed by atoms with van der Waals surface area (Å²) >= 11 is 0. The van der Waals surface area contributed by atoms with Crippen molar-refractivity contribution >= 4 is 18.2 Å². The molecule has 0 amide bonds. The molecule has 130 valence electrons. The summed E-state index contributed by atoms with van der Waals surface area (Å²) in [6, 6.07) is 12.3. The first-order valence-electron chi connectivity index (χ1n) is 7.60. The summed E-state index contributed by atoms with van der Waals surface area (Å²) in [5.74, 6) is 0.857. The average Bonchev–Trinajstić information content (AvgIpc) is 2.46.